The lowest BCUT2D eigenvalue weighted by Crippen LogP contribution is -2.49. The molecular weight excluding hydrogens is 321 g/mol. The zero-order chi connectivity index (χ0) is 17.6. The van der Waals surface area contributed by atoms with E-state index in [9.17, 15) is 22.8 Å². The fraction of sp³-hybridized carbons (Fsp3) is 0.529. The summed E-state index contributed by atoms with van der Waals surface area (Å²) in [6, 6.07) is 9.83. The van der Waals surface area contributed by atoms with Crippen molar-refractivity contribution in [2.75, 3.05) is 19.6 Å². The molecule has 0 aromatic heterocycles. The second kappa shape index (κ2) is 8.17. The number of nitrogens with one attached hydrogen (secondary N) is 1. The second-order valence-corrected chi connectivity index (χ2v) is 5.97. The maximum absolute atomic E-state index is 12.5. The maximum Gasteiger partial charge on any atom is 0.471 e. The lowest BCUT2D eigenvalue weighted by molar-refractivity contribution is -0.187. The molecule has 2 amide bonds. The quantitative estimate of drug-likeness (QED) is 0.836. The molecule has 1 unspecified atom stereocenters. The lowest BCUT2D eigenvalue weighted by atomic mass is 9.97. The van der Waals surface area contributed by atoms with Gasteiger partial charge in [-0.3, -0.25) is 9.59 Å². The first kappa shape index (κ1) is 18.3. The third-order valence-electron chi connectivity index (χ3n) is 4.11. The molecule has 0 saturated carbocycles. The van der Waals surface area contributed by atoms with Crippen molar-refractivity contribution in [1.82, 2.24) is 10.2 Å². The van der Waals surface area contributed by atoms with E-state index in [1.54, 1.807) is 0 Å². The Balaban J connectivity index is 1.74. The van der Waals surface area contributed by atoms with E-state index in [-0.39, 0.29) is 19.0 Å². The van der Waals surface area contributed by atoms with Gasteiger partial charge in [-0.2, -0.15) is 13.2 Å². The summed E-state index contributed by atoms with van der Waals surface area (Å²) in [4.78, 5) is 24.1. The average molecular weight is 342 g/mol. The summed E-state index contributed by atoms with van der Waals surface area (Å²) < 4.78 is 37.4. The van der Waals surface area contributed by atoms with Gasteiger partial charge in [0.25, 0.3) is 0 Å². The van der Waals surface area contributed by atoms with Crippen LogP contribution in [0.2, 0.25) is 0 Å². The van der Waals surface area contributed by atoms with Crippen LogP contribution in [0.15, 0.2) is 30.3 Å². The number of carbonyl (C=O) groups is 2. The van der Waals surface area contributed by atoms with Crippen LogP contribution in [0, 0.1) is 5.92 Å². The Morgan fingerprint density at radius 3 is 2.58 bits per heavy atom. The van der Waals surface area contributed by atoms with Crippen LogP contribution >= 0.6 is 0 Å². The molecule has 1 atom stereocenters. The van der Waals surface area contributed by atoms with E-state index < -0.39 is 18.0 Å². The van der Waals surface area contributed by atoms with Crippen molar-refractivity contribution in [2.45, 2.75) is 31.9 Å². The molecular formula is C17H21F3N2O2. The number of likely N-dealkylation sites (tertiary alicyclic amines) is 1. The molecule has 24 heavy (non-hydrogen) atoms. The normalized spacial score (nSPS) is 18.3. The van der Waals surface area contributed by atoms with Crippen molar-refractivity contribution in [3.05, 3.63) is 35.9 Å². The first-order chi connectivity index (χ1) is 11.4. The van der Waals surface area contributed by atoms with Gasteiger partial charge in [0.1, 0.15) is 0 Å². The zero-order valence-corrected chi connectivity index (χ0v) is 13.3. The minimum Gasteiger partial charge on any atom is -0.356 e. The van der Waals surface area contributed by atoms with Crippen LogP contribution in [0.1, 0.15) is 24.8 Å². The van der Waals surface area contributed by atoms with Gasteiger partial charge in [-0.1, -0.05) is 30.3 Å². The predicted molar refractivity (Wildman–Crippen MR) is 83.1 cm³/mol. The summed E-state index contributed by atoms with van der Waals surface area (Å²) in [5.74, 6) is -2.70. The molecule has 1 fully saturated rings. The SMILES string of the molecule is O=C(NCCCc1ccccc1)C1CCCN(C(=O)C(F)(F)F)C1. The Morgan fingerprint density at radius 1 is 1.21 bits per heavy atom. The van der Waals surface area contributed by atoms with E-state index in [0.717, 1.165) is 17.7 Å². The van der Waals surface area contributed by atoms with Gasteiger partial charge in [0.15, 0.2) is 0 Å². The number of piperidine rings is 1. The topological polar surface area (TPSA) is 49.4 Å². The molecule has 1 heterocycles. The number of hydrogen-bond donors (Lipinski definition) is 1. The number of benzene rings is 1. The molecule has 7 heteroatoms. The van der Waals surface area contributed by atoms with Gasteiger partial charge < -0.3 is 10.2 Å². The zero-order valence-electron chi connectivity index (χ0n) is 13.3. The highest BCUT2D eigenvalue weighted by molar-refractivity contribution is 5.84. The van der Waals surface area contributed by atoms with Crippen molar-refractivity contribution in [2.24, 2.45) is 5.92 Å². The molecule has 2 rings (SSSR count). The summed E-state index contributed by atoms with van der Waals surface area (Å²) in [6.45, 7) is 0.358. The highest BCUT2D eigenvalue weighted by atomic mass is 19.4. The molecule has 0 bridgehead atoms. The fourth-order valence-corrected chi connectivity index (χ4v) is 2.85. The minimum atomic E-state index is -4.88. The number of aryl methyl sites for hydroxylation is 1. The monoisotopic (exact) mass is 342 g/mol. The van der Waals surface area contributed by atoms with Crippen molar-refractivity contribution >= 4 is 11.8 Å². The van der Waals surface area contributed by atoms with Gasteiger partial charge in [0.05, 0.1) is 5.92 Å². The summed E-state index contributed by atoms with van der Waals surface area (Å²) in [5, 5.41) is 2.76. The van der Waals surface area contributed by atoms with Gasteiger partial charge in [0, 0.05) is 19.6 Å². The molecule has 4 nitrogen and oxygen atoms in total. The summed E-state index contributed by atoms with van der Waals surface area (Å²) in [7, 11) is 0. The number of hydrogen-bond acceptors (Lipinski definition) is 2. The molecule has 1 saturated heterocycles. The van der Waals surface area contributed by atoms with E-state index in [4.69, 9.17) is 0 Å². The van der Waals surface area contributed by atoms with E-state index in [0.29, 0.717) is 19.4 Å². The fourth-order valence-electron chi connectivity index (χ4n) is 2.85. The van der Waals surface area contributed by atoms with Crippen LogP contribution in [-0.4, -0.2) is 42.5 Å². The van der Waals surface area contributed by atoms with E-state index in [2.05, 4.69) is 5.32 Å². The van der Waals surface area contributed by atoms with Crippen LogP contribution in [0.3, 0.4) is 0 Å². The van der Waals surface area contributed by atoms with Gasteiger partial charge in [-0.25, -0.2) is 0 Å². The van der Waals surface area contributed by atoms with Gasteiger partial charge in [-0.05, 0) is 31.2 Å². The van der Waals surface area contributed by atoms with Gasteiger partial charge in [0.2, 0.25) is 5.91 Å². The van der Waals surface area contributed by atoms with Crippen molar-refractivity contribution in [3.8, 4) is 0 Å². The van der Waals surface area contributed by atoms with Gasteiger partial charge in [-0.15, -0.1) is 0 Å². The Hall–Kier alpha value is -2.05. The maximum atomic E-state index is 12.5. The lowest BCUT2D eigenvalue weighted by Gasteiger charge is -2.32. The largest absolute Gasteiger partial charge is 0.471 e. The summed E-state index contributed by atoms with van der Waals surface area (Å²) >= 11 is 0. The average Bonchev–Trinajstić information content (AvgIpc) is 2.58. The molecule has 1 aliphatic rings. The van der Waals surface area contributed by atoms with Crippen LogP contribution in [0.25, 0.3) is 0 Å². The second-order valence-electron chi connectivity index (χ2n) is 5.97. The van der Waals surface area contributed by atoms with Gasteiger partial charge >= 0.3 is 12.1 Å². The highest BCUT2D eigenvalue weighted by Gasteiger charge is 2.44. The third kappa shape index (κ3) is 5.25. The van der Waals surface area contributed by atoms with Crippen LogP contribution in [0.5, 0.6) is 0 Å². The number of halogens is 3. The number of carbonyl (C=O) groups excluding carboxylic acids is 2. The van der Waals surface area contributed by atoms with Crippen LogP contribution < -0.4 is 5.32 Å². The standard InChI is InChI=1S/C17H21F3N2O2/c18-17(19,20)16(24)22-11-5-9-14(12-22)15(23)21-10-4-8-13-6-2-1-3-7-13/h1-3,6-7,14H,4-5,8-12H2,(H,21,23). The number of rotatable bonds is 5. The molecule has 0 radical (unpaired) electrons. The molecule has 132 valence electrons. The Bertz CT molecular complexity index is 561. The first-order valence-corrected chi connectivity index (χ1v) is 8.05. The van der Waals surface area contributed by atoms with E-state index >= 15 is 0 Å². The van der Waals surface area contributed by atoms with Crippen molar-refractivity contribution in [3.63, 3.8) is 0 Å². The van der Waals surface area contributed by atoms with Crippen LogP contribution in [-0.2, 0) is 16.0 Å². The Kier molecular flexibility index (Phi) is 6.23. The number of nitrogens with zero attached hydrogens (tertiary/aromatic N) is 1. The molecule has 1 aromatic carbocycles. The molecule has 0 spiro atoms. The molecule has 0 aliphatic carbocycles. The highest BCUT2D eigenvalue weighted by Crippen LogP contribution is 2.23. The van der Waals surface area contributed by atoms with Crippen molar-refractivity contribution < 1.29 is 22.8 Å². The summed E-state index contributed by atoms with van der Waals surface area (Å²) in [6.07, 6.45) is -2.39. The summed E-state index contributed by atoms with van der Waals surface area (Å²) in [5.41, 5.74) is 1.17. The third-order valence-corrected chi connectivity index (χ3v) is 4.11. The Morgan fingerprint density at radius 2 is 1.92 bits per heavy atom. The minimum absolute atomic E-state index is 0.0517. The smallest absolute Gasteiger partial charge is 0.356 e. The molecule has 1 N–H and O–H groups in total. The number of alkyl halides is 3. The van der Waals surface area contributed by atoms with E-state index in [1.807, 2.05) is 30.3 Å². The molecule has 1 aliphatic heterocycles. The van der Waals surface area contributed by atoms with Crippen LogP contribution in [0.4, 0.5) is 13.2 Å². The van der Waals surface area contributed by atoms with Crippen molar-refractivity contribution in [1.29, 1.82) is 0 Å². The predicted octanol–water partition coefficient (Wildman–Crippen LogP) is 2.54. The van der Waals surface area contributed by atoms with E-state index in [1.165, 1.54) is 5.56 Å². The Labute approximate surface area is 139 Å². The number of amides is 2. The first-order valence-electron chi connectivity index (χ1n) is 8.05. The molecule has 1 aromatic rings.